The largest absolute Gasteiger partial charge is 0.416 e. The first-order valence-corrected chi connectivity index (χ1v) is 4.61. The molecule has 7 heteroatoms. The van der Waals surface area contributed by atoms with Crippen LogP contribution < -0.4 is 5.73 Å². The van der Waals surface area contributed by atoms with E-state index in [1.165, 1.54) is 6.92 Å². The van der Waals surface area contributed by atoms with Crippen molar-refractivity contribution in [2.24, 2.45) is 5.73 Å². The molecule has 3 N–H and O–H groups in total. The van der Waals surface area contributed by atoms with E-state index < -0.39 is 35.5 Å². The Hall–Kier alpha value is -1.21. The van der Waals surface area contributed by atoms with Crippen molar-refractivity contribution in [2.75, 3.05) is 0 Å². The molecule has 1 aromatic carbocycles. The van der Waals surface area contributed by atoms with Gasteiger partial charge < -0.3 is 10.8 Å². The molecule has 0 spiro atoms. The molecule has 17 heavy (non-hydrogen) atoms. The Morgan fingerprint density at radius 2 is 1.76 bits per heavy atom. The number of nitrogens with two attached hydrogens (primary N) is 1. The smallest absolute Gasteiger partial charge is 0.382 e. The number of aliphatic hydroxyl groups is 1. The maximum absolute atomic E-state index is 13.5. The van der Waals surface area contributed by atoms with E-state index in [9.17, 15) is 22.0 Å². The van der Waals surface area contributed by atoms with Gasteiger partial charge in [-0.2, -0.15) is 13.2 Å². The fraction of sp³-hybridized carbons (Fsp3) is 0.400. The minimum Gasteiger partial charge on any atom is -0.382 e. The van der Waals surface area contributed by atoms with Crippen molar-refractivity contribution in [3.05, 3.63) is 34.9 Å². The zero-order valence-corrected chi connectivity index (χ0v) is 8.72. The molecular weight excluding hydrogens is 245 g/mol. The molecule has 1 rings (SSSR count). The van der Waals surface area contributed by atoms with Crippen LogP contribution in [0.25, 0.3) is 0 Å². The number of aryl methyl sites for hydroxylation is 1. The second-order valence-electron chi connectivity index (χ2n) is 3.60. The van der Waals surface area contributed by atoms with Gasteiger partial charge in [0.1, 0.15) is 11.6 Å². The van der Waals surface area contributed by atoms with Crippen LogP contribution in [0.15, 0.2) is 12.1 Å². The minimum absolute atomic E-state index is 0.0498. The van der Waals surface area contributed by atoms with Crippen LogP contribution in [-0.4, -0.2) is 17.4 Å². The lowest BCUT2D eigenvalue weighted by molar-refractivity contribution is -0.210. The van der Waals surface area contributed by atoms with E-state index in [4.69, 9.17) is 10.8 Å². The quantitative estimate of drug-likeness (QED) is 0.796. The van der Waals surface area contributed by atoms with Crippen LogP contribution in [0.3, 0.4) is 0 Å². The maximum atomic E-state index is 13.5. The lowest BCUT2D eigenvalue weighted by Crippen LogP contribution is -2.39. The summed E-state index contributed by atoms with van der Waals surface area (Å²) in [6, 6.07) is -0.327. The van der Waals surface area contributed by atoms with E-state index in [-0.39, 0.29) is 5.56 Å². The molecule has 0 heterocycles. The van der Waals surface area contributed by atoms with Crippen LogP contribution >= 0.6 is 0 Å². The third kappa shape index (κ3) is 2.73. The van der Waals surface area contributed by atoms with E-state index in [2.05, 4.69) is 0 Å². The molecule has 0 aromatic heterocycles. The summed E-state index contributed by atoms with van der Waals surface area (Å²) < 4.78 is 63.2. The summed E-state index contributed by atoms with van der Waals surface area (Å²) in [6.07, 6.45) is -8.06. The van der Waals surface area contributed by atoms with Crippen molar-refractivity contribution < 1.29 is 27.1 Å². The number of halogens is 5. The van der Waals surface area contributed by atoms with Gasteiger partial charge in [0.05, 0.1) is 6.04 Å². The molecule has 0 bridgehead atoms. The van der Waals surface area contributed by atoms with E-state index in [1.807, 2.05) is 0 Å². The number of rotatable bonds is 2. The normalized spacial score (nSPS) is 15.8. The van der Waals surface area contributed by atoms with Crippen LogP contribution in [0.1, 0.15) is 17.2 Å². The van der Waals surface area contributed by atoms with Crippen molar-refractivity contribution in [3.63, 3.8) is 0 Å². The lowest BCUT2D eigenvalue weighted by Gasteiger charge is -2.22. The van der Waals surface area contributed by atoms with Gasteiger partial charge in [-0.3, -0.25) is 0 Å². The summed E-state index contributed by atoms with van der Waals surface area (Å²) in [6.45, 7) is 1.25. The molecule has 0 aliphatic carbocycles. The third-order valence-electron chi connectivity index (χ3n) is 2.33. The summed E-state index contributed by atoms with van der Waals surface area (Å²) >= 11 is 0. The van der Waals surface area contributed by atoms with E-state index in [0.717, 1.165) is 12.1 Å². The van der Waals surface area contributed by atoms with Crippen molar-refractivity contribution in [1.82, 2.24) is 0 Å². The summed E-state index contributed by atoms with van der Waals surface area (Å²) in [7, 11) is 0. The first-order chi connectivity index (χ1) is 7.66. The monoisotopic (exact) mass is 255 g/mol. The second kappa shape index (κ2) is 4.58. The highest BCUT2D eigenvalue weighted by atomic mass is 19.4. The Balaban J connectivity index is 3.21. The number of aliphatic hydroxyl groups excluding tert-OH is 1. The molecule has 0 unspecified atom stereocenters. The van der Waals surface area contributed by atoms with Gasteiger partial charge in [-0.1, -0.05) is 6.07 Å². The first-order valence-electron chi connectivity index (χ1n) is 4.61. The average molecular weight is 255 g/mol. The van der Waals surface area contributed by atoms with Crippen LogP contribution in [0.2, 0.25) is 0 Å². The van der Waals surface area contributed by atoms with Gasteiger partial charge in [0.2, 0.25) is 0 Å². The average Bonchev–Trinajstić information content (AvgIpc) is 2.21. The minimum atomic E-state index is -5.04. The Labute approximate surface area is 93.9 Å². The van der Waals surface area contributed by atoms with Gasteiger partial charge in [0, 0.05) is 5.56 Å². The molecule has 0 saturated heterocycles. The van der Waals surface area contributed by atoms with Crippen LogP contribution in [0.4, 0.5) is 22.0 Å². The molecule has 0 aliphatic rings. The van der Waals surface area contributed by atoms with Gasteiger partial charge in [-0.25, -0.2) is 8.78 Å². The summed E-state index contributed by atoms with van der Waals surface area (Å²) in [5.41, 5.74) is 4.03. The Kier molecular flexibility index (Phi) is 3.73. The van der Waals surface area contributed by atoms with E-state index in [1.54, 1.807) is 0 Å². The predicted octanol–water partition coefficient (Wildman–Crippen LogP) is 2.20. The van der Waals surface area contributed by atoms with Crippen molar-refractivity contribution >= 4 is 0 Å². The highest BCUT2D eigenvalue weighted by Crippen LogP contribution is 2.31. The Morgan fingerprint density at radius 1 is 1.24 bits per heavy atom. The summed E-state index contributed by atoms with van der Waals surface area (Å²) in [4.78, 5) is 0. The Morgan fingerprint density at radius 3 is 2.24 bits per heavy atom. The van der Waals surface area contributed by atoms with Gasteiger partial charge in [-0.15, -0.1) is 0 Å². The van der Waals surface area contributed by atoms with Crippen molar-refractivity contribution in [3.8, 4) is 0 Å². The topological polar surface area (TPSA) is 46.2 Å². The zero-order chi connectivity index (χ0) is 13.4. The number of benzene rings is 1. The summed E-state index contributed by atoms with van der Waals surface area (Å²) in [5.74, 6) is -2.40. The van der Waals surface area contributed by atoms with Gasteiger partial charge >= 0.3 is 6.18 Å². The molecule has 0 fully saturated rings. The number of hydrogen-bond acceptors (Lipinski definition) is 2. The molecule has 96 valence electrons. The lowest BCUT2D eigenvalue weighted by atomic mass is 9.98. The highest BCUT2D eigenvalue weighted by molar-refractivity contribution is 5.30. The van der Waals surface area contributed by atoms with Gasteiger partial charge in [0.15, 0.2) is 6.10 Å². The van der Waals surface area contributed by atoms with Crippen molar-refractivity contribution in [2.45, 2.75) is 25.2 Å². The zero-order valence-electron chi connectivity index (χ0n) is 8.72. The van der Waals surface area contributed by atoms with Gasteiger partial charge in [0.25, 0.3) is 0 Å². The molecular formula is C10H10F5NO. The number of alkyl halides is 3. The fourth-order valence-corrected chi connectivity index (χ4v) is 1.35. The SMILES string of the molecule is Cc1ccc(F)c([C@H](N)[C@H](O)C(F)(F)F)c1F. The Bertz CT molecular complexity index is 418. The molecule has 2 nitrogen and oxygen atoms in total. The second-order valence-corrected chi connectivity index (χ2v) is 3.60. The maximum Gasteiger partial charge on any atom is 0.416 e. The fourth-order valence-electron chi connectivity index (χ4n) is 1.35. The van der Waals surface area contributed by atoms with E-state index in [0.29, 0.717) is 0 Å². The van der Waals surface area contributed by atoms with Crippen LogP contribution in [0, 0.1) is 18.6 Å². The molecule has 2 atom stereocenters. The molecule has 1 aromatic rings. The summed E-state index contributed by atoms with van der Waals surface area (Å²) in [5, 5.41) is 8.86. The third-order valence-corrected chi connectivity index (χ3v) is 2.33. The van der Waals surface area contributed by atoms with Crippen LogP contribution in [-0.2, 0) is 0 Å². The van der Waals surface area contributed by atoms with Crippen LogP contribution in [0.5, 0.6) is 0 Å². The molecule has 0 saturated carbocycles. The van der Waals surface area contributed by atoms with Crippen molar-refractivity contribution in [1.29, 1.82) is 0 Å². The molecule has 0 radical (unpaired) electrons. The van der Waals surface area contributed by atoms with Gasteiger partial charge in [-0.05, 0) is 18.6 Å². The highest BCUT2D eigenvalue weighted by Gasteiger charge is 2.44. The first kappa shape index (κ1) is 13.9. The molecule has 0 amide bonds. The van der Waals surface area contributed by atoms with E-state index >= 15 is 0 Å². The molecule has 0 aliphatic heterocycles. The number of hydrogen-bond donors (Lipinski definition) is 2. The standard InChI is InChI=1S/C10H10F5NO/c1-4-2-3-5(11)6(7(4)12)8(16)9(17)10(13,14)15/h2-3,8-9,17H,16H2,1H3/t8-,9-/m0/s1. The predicted molar refractivity (Wildman–Crippen MR) is 50.1 cm³/mol.